The average Bonchev–Trinajstić information content (AvgIpc) is 3.12. The van der Waals surface area contributed by atoms with E-state index in [1.807, 2.05) is 43.3 Å². The van der Waals surface area contributed by atoms with Gasteiger partial charge in [-0.25, -0.2) is 0 Å². The number of thiocarbonyl (C=S) groups is 1. The first-order chi connectivity index (χ1) is 16.8. The van der Waals surface area contributed by atoms with Crippen molar-refractivity contribution >= 4 is 75.1 Å². The third-order valence-electron chi connectivity index (χ3n) is 5.22. The van der Waals surface area contributed by atoms with Crippen LogP contribution in [0.5, 0.6) is 5.75 Å². The van der Waals surface area contributed by atoms with Gasteiger partial charge in [0.15, 0.2) is 6.61 Å². The summed E-state index contributed by atoms with van der Waals surface area (Å²) in [5, 5.41) is 3.51. The summed E-state index contributed by atoms with van der Waals surface area (Å²) < 4.78 is 6.15. The Labute approximate surface area is 223 Å². The monoisotopic (exact) mass is 542 g/mol. The molecule has 3 aromatic rings. The molecule has 1 atom stereocenters. The molecule has 178 valence electrons. The Morgan fingerprint density at radius 3 is 2.63 bits per heavy atom. The quantitative estimate of drug-likeness (QED) is 0.258. The van der Waals surface area contributed by atoms with Crippen LogP contribution in [0.25, 0.3) is 6.08 Å². The molecule has 1 fully saturated rings. The molecule has 0 saturated carbocycles. The van der Waals surface area contributed by atoms with Gasteiger partial charge in [0.1, 0.15) is 10.1 Å². The van der Waals surface area contributed by atoms with Crippen molar-refractivity contribution in [2.24, 2.45) is 0 Å². The minimum Gasteiger partial charge on any atom is -0.484 e. The minimum atomic E-state index is -0.365. The van der Waals surface area contributed by atoms with Crippen molar-refractivity contribution in [3.8, 4) is 5.75 Å². The number of ether oxygens (including phenoxy) is 1. The maximum atomic E-state index is 13.1. The Morgan fingerprint density at radius 2 is 1.89 bits per heavy atom. The van der Waals surface area contributed by atoms with E-state index in [0.29, 0.717) is 30.7 Å². The number of hydrogen-bond donors (Lipinski definition) is 1. The molecule has 3 aromatic carbocycles. The number of nitrogens with one attached hydrogen (secondary N) is 1. The van der Waals surface area contributed by atoms with Crippen LogP contribution in [-0.2, 0) is 9.59 Å². The lowest BCUT2D eigenvalue weighted by atomic mass is 10.1. The summed E-state index contributed by atoms with van der Waals surface area (Å²) in [6.45, 7) is 1.75. The van der Waals surface area contributed by atoms with Gasteiger partial charge in [0, 0.05) is 5.02 Å². The Morgan fingerprint density at radius 1 is 1.11 bits per heavy atom. The maximum Gasteiger partial charge on any atom is 0.266 e. The second-order valence-electron chi connectivity index (χ2n) is 7.67. The van der Waals surface area contributed by atoms with E-state index in [9.17, 15) is 9.59 Å². The van der Waals surface area contributed by atoms with Crippen LogP contribution in [0.15, 0.2) is 77.7 Å². The van der Waals surface area contributed by atoms with Crippen molar-refractivity contribution in [1.29, 1.82) is 0 Å². The Kier molecular flexibility index (Phi) is 8.13. The normalized spacial score (nSPS) is 15.4. The molecule has 5 nitrogen and oxygen atoms in total. The molecule has 0 aliphatic carbocycles. The first kappa shape index (κ1) is 25.3. The summed E-state index contributed by atoms with van der Waals surface area (Å²) in [6.07, 6.45) is 1.78. The number of carbonyl (C=O) groups is 2. The van der Waals surface area contributed by atoms with E-state index in [-0.39, 0.29) is 24.5 Å². The number of benzene rings is 3. The van der Waals surface area contributed by atoms with Crippen LogP contribution in [0.3, 0.4) is 0 Å². The van der Waals surface area contributed by atoms with Crippen LogP contribution in [0.2, 0.25) is 10.0 Å². The first-order valence-corrected chi connectivity index (χ1v) is 12.6. The lowest BCUT2D eigenvalue weighted by Gasteiger charge is -2.23. The van der Waals surface area contributed by atoms with Gasteiger partial charge in [-0.3, -0.25) is 14.5 Å². The summed E-state index contributed by atoms with van der Waals surface area (Å²) in [7, 11) is 0. The highest BCUT2D eigenvalue weighted by Gasteiger charge is 2.35. The number of amides is 2. The van der Waals surface area contributed by atoms with E-state index in [1.54, 1.807) is 47.4 Å². The molecule has 2 amide bonds. The molecule has 0 spiro atoms. The summed E-state index contributed by atoms with van der Waals surface area (Å²) in [5.41, 5.74) is 2.22. The van der Waals surface area contributed by atoms with E-state index in [4.69, 9.17) is 40.2 Å². The minimum absolute atomic E-state index is 0.137. The van der Waals surface area contributed by atoms with Crippen molar-refractivity contribution in [2.75, 3.05) is 11.9 Å². The third-order valence-corrected chi connectivity index (χ3v) is 7.10. The van der Waals surface area contributed by atoms with Crippen molar-refractivity contribution in [1.82, 2.24) is 4.90 Å². The van der Waals surface area contributed by atoms with Gasteiger partial charge in [-0.15, -0.1) is 0 Å². The smallest absolute Gasteiger partial charge is 0.266 e. The summed E-state index contributed by atoms with van der Waals surface area (Å²) in [4.78, 5) is 27.5. The molecule has 0 aromatic heterocycles. The van der Waals surface area contributed by atoms with Crippen LogP contribution < -0.4 is 10.1 Å². The SMILES string of the molecule is C[C@@H](c1ccccc1)N1C(=O)/C(=C/c2cccc(OCC(=O)Nc3ccc(Cl)cc3Cl)c2)SC1=S. The predicted octanol–water partition coefficient (Wildman–Crippen LogP) is 6.97. The first-order valence-electron chi connectivity index (χ1n) is 10.6. The van der Waals surface area contributed by atoms with E-state index < -0.39 is 0 Å². The molecule has 1 aliphatic heterocycles. The van der Waals surface area contributed by atoms with Gasteiger partial charge in [0.25, 0.3) is 11.8 Å². The lowest BCUT2D eigenvalue weighted by Crippen LogP contribution is -2.30. The Balaban J connectivity index is 1.41. The maximum absolute atomic E-state index is 13.1. The van der Waals surface area contributed by atoms with Gasteiger partial charge in [-0.1, -0.05) is 89.6 Å². The van der Waals surface area contributed by atoms with Crippen LogP contribution in [0.1, 0.15) is 24.1 Å². The third kappa shape index (κ3) is 6.24. The predicted molar refractivity (Wildman–Crippen MR) is 147 cm³/mol. The van der Waals surface area contributed by atoms with Crippen LogP contribution in [0, 0.1) is 0 Å². The molecule has 1 aliphatic rings. The topological polar surface area (TPSA) is 58.6 Å². The highest BCUT2D eigenvalue weighted by molar-refractivity contribution is 8.26. The van der Waals surface area contributed by atoms with Crippen LogP contribution in [0.4, 0.5) is 5.69 Å². The van der Waals surface area contributed by atoms with Gasteiger partial charge < -0.3 is 10.1 Å². The molecular weight excluding hydrogens is 523 g/mol. The average molecular weight is 543 g/mol. The number of anilines is 1. The van der Waals surface area contributed by atoms with Gasteiger partial charge >= 0.3 is 0 Å². The van der Waals surface area contributed by atoms with Crippen molar-refractivity contribution in [3.63, 3.8) is 0 Å². The number of halogens is 2. The number of nitrogens with zero attached hydrogens (tertiary/aromatic N) is 1. The van der Waals surface area contributed by atoms with Gasteiger partial charge in [-0.2, -0.15) is 0 Å². The van der Waals surface area contributed by atoms with E-state index >= 15 is 0 Å². The van der Waals surface area contributed by atoms with Crippen LogP contribution in [-0.4, -0.2) is 27.6 Å². The fourth-order valence-corrected chi connectivity index (χ4v) is 5.34. The number of thioether (sulfide) groups is 1. The second-order valence-corrected chi connectivity index (χ2v) is 10.2. The van der Waals surface area contributed by atoms with Crippen molar-refractivity contribution in [2.45, 2.75) is 13.0 Å². The van der Waals surface area contributed by atoms with E-state index in [1.165, 1.54) is 11.8 Å². The Bertz CT molecular complexity index is 1310. The zero-order valence-corrected chi connectivity index (χ0v) is 21.7. The van der Waals surface area contributed by atoms with Gasteiger partial charge in [-0.05, 0) is 54.5 Å². The molecule has 4 rings (SSSR count). The van der Waals surface area contributed by atoms with Crippen molar-refractivity contribution < 1.29 is 14.3 Å². The standard InChI is InChI=1S/C26H20Cl2N2O3S2/c1-16(18-7-3-2-4-8-18)30-25(32)23(35-26(30)34)13-17-6-5-9-20(12-17)33-15-24(31)29-22-11-10-19(27)14-21(22)28/h2-14,16H,15H2,1H3,(H,29,31)/b23-13-/t16-/m0/s1. The summed E-state index contributed by atoms with van der Waals surface area (Å²) >= 11 is 18.7. The summed E-state index contributed by atoms with van der Waals surface area (Å²) in [6, 6.07) is 21.6. The molecule has 0 unspecified atom stereocenters. The number of hydrogen-bond acceptors (Lipinski definition) is 5. The molecule has 0 bridgehead atoms. The van der Waals surface area contributed by atoms with Gasteiger partial charge in [0.2, 0.25) is 0 Å². The summed E-state index contributed by atoms with van der Waals surface area (Å²) in [5.74, 6) is -0.0125. The molecule has 1 heterocycles. The lowest BCUT2D eigenvalue weighted by molar-refractivity contribution is -0.123. The Hall–Kier alpha value is -2.84. The number of rotatable bonds is 7. The fraction of sp³-hybridized carbons (Fsp3) is 0.115. The van der Waals surface area contributed by atoms with Crippen LogP contribution >= 0.6 is 47.2 Å². The fourth-order valence-electron chi connectivity index (χ4n) is 3.47. The molecule has 1 N–H and O–H groups in total. The van der Waals surface area contributed by atoms with E-state index in [0.717, 1.165) is 11.1 Å². The highest BCUT2D eigenvalue weighted by atomic mass is 35.5. The zero-order valence-electron chi connectivity index (χ0n) is 18.5. The van der Waals surface area contributed by atoms with Gasteiger partial charge in [0.05, 0.1) is 21.7 Å². The largest absolute Gasteiger partial charge is 0.484 e. The van der Waals surface area contributed by atoms with E-state index in [2.05, 4.69) is 5.32 Å². The molecule has 35 heavy (non-hydrogen) atoms. The number of carbonyl (C=O) groups excluding carboxylic acids is 2. The molecule has 1 saturated heterocycles. The molecular formula is C26H20Cl2N2O3S2. The van der Waals surface area contributed by atoms with Crippen molar-refractivity contribution in [3.05, 3.63) is 98.9 Å². The molecule has 9 heteroatoms. The molecule has 0 radical (unpaired) electrons. The highest BCUT2D eigenvalue weighted by Crippen LogP contribution is 2.38. The second kappa shape index (κ2) is 11.3. The zero-order chi connectivity index (χ0) is 24.9.